The number of carbonyl (C=O) groups is 2. The van der Waals surface area contributed by atoms with Gasteiger partial charge in [-0.05, 0) is 24.7 Å². The molecule has 0 aromatic rings. The van der Waals surface area contributed by atoms with Gasteiger partial charge in [-0.25, -0.2) is 0 Å². The van der Waals surface area contributed by atoms with Crippen molar-refractivity contribution in [3.8, 4) is 0 Å². The second kappa shape index (κ2) is 19.3. The Morgan fingerprint density at radius 2 is 0.821 bits per heavy atom. The Morgan fingerprint density at radius 3 is 1.14 bits per heavy atom. The van der Waals surface area contributed by atoms with E-state index in [0.717, 1.165) is 37.5 Å². The van der Waals surface area contributed by atoms with Crippen molar-refractivity contribution in [2.45, 2.75) is 117 Å². The summed E-state index contributed by atoms with van der Waals surface area (Å²) in [6, 6.07) is 0. The SMILES string of the molecule is COC(=O)CCCCCCC(C)CCCCC(C)CCCCCCC(=O)OC. The Hall–Kier alpha value is -1.06. The molecule has 2 atom stereocenters. The van der Waals surface area contributed by atoms with E-state index in [1.54, 1.807) is 0 Å². The fourth-order valence-electron chi connectivity index (χ4n) is 3.71. The summed E-state index contributed by atoms with van der Waals surface area (Å²) in [6.45, 7) is 4.76. The van der Waals surface area contributed by atoms with Gasteiger partial charge in [0.25, 0.3) is 0 Å². The molecule has 0 aliphatic rings. The second-order valence-corrected chi connectivity index (χ2v) is 8.55. The highest BCUT2D eigenvalue weighted by molar-refractivity contribution is 5.69. The molecule has 0 aliphatic heterocycles. The summed E-state index contributed by atoms with van der Waals surface area (Å²) < 4.78 is 9.32. The van der Waals surface area contributed by atoms with Crippen LogP contribution in [0, 0.1) is 11.8 Å². The number of rotatable bonds is 19. The molecule has 0 aliphatic carbocycles. The molecule has 0 bridgehead atoms. The van der Waals surface area contributed by atoms with Crippen LogP contribution in [0.1, 0.15) is 117 Å². The molecule has 0 saturated heterocycles. The van der Waals surface area contributed by atoms with E-state index < -0.39 is 0 Å². The number of hydrogen-bond donors (Lipinski definition) is 0. The monoisotopic (exact) mass is 398 g/mol. The minimum absolute atomic E-state index is 0.0823. The Kier molecular flexibility index (Phi) is 18.5. The van der Waals surface area contributed by atoms with Crippen LogP contribution in [-0.2, 0) is 19.1 Å². The van der Waals surface area contributed by atoms with Crippen LogP contribution >= 0.6 is 0 Å². The third-order valence-corrected chi connectivity index (χ3v) is 5.75. The predicted molar refractivity (Wildman–Crippen MR) is 116 cm³/mol. The van der Waals surface area contributed by atoms with Crippen molar-refractivity contribution in [2.75, 3.05) is 14.2 Å². The predicted octanol–water partition coefficient (Wildman–Crippen LogP) is 6.85. The van der Waals surface area contributed by atoms with Gasteiger partial charge in [-0.15, -0.1) is 0 Å². The van der Waals surface area contributed by atoms with Crippen LogP contribution in [0.25, 0.3) is 0 Å². The number of carbonyl (C=O) groups excluding carboxylic acids is 2. The topological polar surface area (TPSA) is 52.6 Å². The van der Waals surface area contributed by atoms with Crippen molar-refractivity contribution in [3.63, 3.8) is 0 Å². The molecule has 0 fully saturated rings. The van der Waals surface area contributed by atoms with Crippen LogP contribution in [0.5, 0.6) is 0 Å². The molecule has 0 radical (unpaired) electrons. The summed E-state index contributed by atoms with van der Waals surface area (Å²) >= 11 is 0. The minimum atomic E-state index is -0.0823. The van der Waals surface area contributed by atoms with Crippen molar-refractivity contribution in [1.82, 2.24) is 0 Å². The van der Waals surface area contributed by atoms with Crippen molar-refractivity contribution in [3.05, 3.63) is 0 Å². The van der Waals surface area contributed by atoms with Crippen molar-refractivity contribution in [1.29, 1.82) is 0 Å². The van der Waals surface area contributed by atoms with Crippen molar-refractivity contribution in [2.24, 2.45) is 11.8 Å². The summed E-state index contributed by atoms with van der Waals surface area (Å²) in [7, 11) is 2.92. The number of methoxy groups -OCH3 is 2. The molecule has 0 aromatic heterocycles. The van der Waals surface area contributed by atoms with Gasteiger partial charge < -0.3 is 9.47 Å². The van der Waals surface area contributed by atoms with Crippen LogP contribution < -0.4 is 0 Å². The van der Waals surface area contributed by atoms with E-state index in [2.05, 4.69) is 23.3 Å². The zero-order valence-electron chi connectivity index (χ0n) is 19.1. The summed E-state index contributed by atoms with van der Waals surface area (Å²) in [5.74, 6) is 1.48. The zero-order valence-corrected chi connectivity index (χ0v) is 19.1. The number of ether oxygens (including phenoxy) is 2. The minimum Gasteiger partial charge on any atom is -0.469 e. The Morgan fingerprint density at radius 1 is 0.536 bits per heavy atom. The van der Waals surface area contributed by atoms with Crippen LogP contribution in [0.3, 0.4) is 0 Å². The van der Waals surface area contributed by atoms with Gasteiger partial charge in [0.15, 0.2) is 0 Å². The van der Waals surface area contributed by atoms with Gasteiger partial charge in [0.2, 0.25) is 0 Å². The number of unbranched alkanes of at least 4 members (excludes halogenated alkanes) is 7. The van der Waals surface area contributed by atoms with Crippen molar-refractivity contribution >= 4 is 11.9 Å². The summed E-state index contributed by atoms with van der Waals surface area (Å²) in [5.41, 5.74) is 0. The standard InChI is InChI=1S/C24H46O4/c1-21(15-9-5-7-11-19-23(25)27-3)17-13-14-18-22(2)16-10-6-8-12-20-24(26)28-4/h21-22H,5-20H2,1-4H3. The Bertz CT molecular complexity index is 345. The van der Waals surface area contributed by atoms with Crippen LogP contribution in [0.2, 0.25) is 0 Å². The van der Waals surface area contributed by atoms with E-state index in [-0.39, 0.29) is 11.9 Å². The van der Waals surface area contributed by atoms with E-state index in [1.165, 1.54) is 78.4 Å². The van der Waals surface area contributed by atoms with E-state index in [0.29, 0.717) is 12.8 Å². The molecule has 0 aromatic carbocycles. The molecule has 0 spiro atoms. The molecule has 0 saturated carbocycles. The van der Waals surface area contributed by atoms with E-state index in [9.17, 15) is 9.59 Å². The molecule has 2 unspecified atom stereocenters. The highest BCUT2D eigenvalue weighted by Crippen LogP contribution is 2.21. The first-order valence-corrected chi connectivity index (χ1v) is 11.6. The molecular formula is C24H46O4. The lowest BCUT2D eigenvalue weighted by molar-refractivity contribution is -0.141. The molecule has 4 heteroatoms. The normalized spacial score (nSPS) is 13.1. The molecule has 4 nitrogen and oxygen atoms in total. The van der Waals surface area contributed by atoms with Gasteiger partial charge >= 0.3 is 11.9 Å². The first-order chi connectivity index (χ1) is 13.5. The first kappa shape index (κ1) is 26.9. The molecular weight excluding hydrogens is 352 g/mol. The molecule has 28 heavy (non-hydrogen) atoms. The second-order valence-electron chi connectivity index (χ2n) is 8.55. The van der Waals surface area contributed by atoms with Gasteiger partial charge in [0.1, 0.15) is 0 Å². The van der Waals surface area contributed by atoms with Crippen LogP contribution in [0.4, 0.5) is 0 Å². The van der Waals surface area contributed by atoms with Gasteiger partial charge in [0.05, 0.1) is 14.2 Å². The Balaban J connectivity index is 3.38. The lowest BCUT2D eigenvalue weighted by Crippen LogP contribution is -2.00. The highest BCUT2D eigenvalue weighted by Gasteiger charge is 2.06. The molecule has 0 amide bonds. The summed E-state index contributed by atoms with van der Waals surface area (Å²) in [5, 5.41) is 0. The van der Waals surface area contributed by atoms with Crippen LogP contribution in [-0.4, -0.2) is 26.2 Å². The smallest absolute Gasteiger partial charge is 0.305 e. The van der Waals surface area contributed by atoms with Gasteiger partial charge in [-0.2, -0.15) is 0 Å². The van der Waals surface area contributed by atoms with E-state index in [1.807, 2.05) is 0 Å². The fourth-order valence-corrected chi connectivity index (χ4v) is 3.71. The maximum absolute atomic E-state index is 11.0. The zero-order chi connectivity index (χ0) is 21.0. The summed E-state index contributed by atoms with van der Waals surface area (Å²) in [6.07, 6.45) is 18.4. The molecule has 0 heterocycles. The van der Waals surface area contributed by atoms with E-state index >= 15 is 0 Å². The van der Waals surface area contributed by atoms with Gasteiger partial charge in [0, 0.05) is 12.8 Å². The molecule has 166 valence electrons. The molecule has 0 N–H and O–H groups in total. The Labute approximate surface area is 174 Å². The quantitative estimate of drug-likeness (QED) is 0.176. The third kappa shape index (κ3) is 18.3. The fraction of sp³-hybridized carbons (Fsp3) is 0.917. The average Bonchev–Trinajstić information content (AvgIpc) is 2.69. The average molecular weight is 399 g/mol. The van der Waals surface area contributed by atoms with E-state index in [4.69, 9.17) is 0 Å². The maximum Gasteiger partial charge on any atom is 0.305 e. The number of esters is 2. The first-order valence-electron chi connectivity index (χ1n) is 11.6. The third-order valence-electron chi connectivity index (χ3n) is 5.75. The van der Waals surface area contributed by atoms with Gasteiger partial charge in [-0.1, -0.05) is 90.9 Å². The van der Waals surface area contributed by atoms with Crippen LogP contribution in [0.15, 0.2) is 0 Å². The maximum atomic E-state index is 11.0. The number of hydrogen-bond acceptors (Lipinski definition) is 4. The molecule has 0 rings (SSSR count). The lowest BCUT2D eigenvalue weighted by atomic mass is 9.93. The summed E-state index contributed by atoms with van der Waals surface area (Å²) in [4.78, 5) is 22.1. The largest absolute Gasteiger partial charge is 0.469 e. The van der Waals surface area contributed by atoms with Crippen molar-refractivity contribution < 1.29 is 19.1 Å². The van der Waals surface area contributed by atoms with Gasteiger partial charge in [-0.3, -0.25) is 9.59 Å². The lowest BCUT2D eigenvalue weighted by Gasteiger charge is -2.13. The highest BCUT2D eigenvalue weighted by atomic mass is 16.5.